The van der Waals surface area contributed by atoms with Crippen molar-refractivity contribution in [3.63, 3.8) is 0 Å². The molecule has 0 aliphatic heterocycles. The molecule has 18 heavy (non-hydrogen) atoms. The molecule has 1 unspecified atom stereocenters. The monoisotopic (exact) mass is 269 g/mol. The molecule has 1 N–H and O–H groups in total. The van der Waals surface area contributed by atoms with Gasteiger partial charge in [0.15, 0.2) is 0 Å². The first-order valence-corrected chi connectivity index (χ1v) is 6.86. The maximum Gasteiger partial charge on any atom is 0.146 e. The topological polar surface area (TPSA) is 12.0 Å². The van der Waals surface area contributed by atoms with Gasteiger partial charge >= 0.3 is 0 Å². The van der Waals surface area contributed by atoms with Crippen molar-refractivity contribution >= 4 is 11.6 Å². The SMILES string of the molecule is C=CCCCC(NCCC)c1cccc(Cl)c1F. The number of rotatable bonds is 8. The lowest BCUT2D eigenvalue weighted by molar-refractivity contribution is 0.463. The van der Waals surface area contributed by atoms with E-state index < -0.39 is 0 Å². The van der Waals surface area contributed by atoms with Crippen molar-refractivity contribution < 1.29 is 4.39 Å². The highest BCUT2D eigenvalue weighted by Gasteiger charge is 2.16. The minimum Gasteiger partial charge on any atom is -0.310 e. The Hall–Kier alpha value is -0.860. The Labute approximate surface area is 114 Å². The second-order valence-corrected chi connectivity index (χ2v) is 4.78. The van der Waals surface area contributed by atoms with Gasteiger partial charge in [-0.15, -0.1) is 6.58 Å². The summed E-state index contributed by atoms with van der Waals surface area (Å²) in [6.07, 6.45) is 5.76. The Kier molecular flexibility index (Phi) is 6.99. The summed E-state index contributed by atoms with van der Waals surface area (Å²) >= 11 is 5.83. The van der Waals surface area contributed by atoms with Crippen LogP contribution >= 0.6 is 11.6 Å². The highest BCUT2D eigenvalue weighted by atomic mass is 35.5. The minimum atomic E-state index is -0.300. The van der Waals surface area contributed by atoms with Crippen molar-refractivity contribution in [3.8, 4) is 0 Å². The van der Waals surface area contributed by atoms with Crippen LogP contribution in [-0.2, 0) is 0 Å². The van der Waals surface area contributed by atoms with Gasteiger partial charge in [-0.05, 0) is 38.3 Å². The lowest BCUT2D eigenvalue weighted by atomic mass is 10.00. The van der Waals surface area contributed by atoms with E-state index in [1.54, 1.807) is 12.1 Å². The molecule has 0 aliphatic carbocycles. The molecular formula is C15H21ClFN. The number of nitrogens with one attached hydrogen (secondary N) is 1. The molecule has 1 aromatic carbocycles. The highest BCUT2D eigenvalue weighted by molar-refractivity contribution is 6.30. The number of unbranched alkanes of at least 4 members (excludes halogenated alkanes) is 1. The molecule has 0 bridgehead atoms. The van der Waals surface area contributed by atoms with Crippen LogP contribution in [0.4, 0.5) is 4.39 Å². The molecule has 0 spiro atoms. The van der Waals surface area contributed by atoms with Crippen LogP contribution in [0.5, 0.6) is 0 Å². The maximum absolute atomic E-state index is 14.0. The fourth-order valence-electron chi connectivity index (χ4n) is 1.94. The molecule has 100 valence electrons. The number of hydrogen-bond donors (Lipinski definition) is 1. The summed E-state index contributed by atoms with van der Waals surface area (Å²) < 4.78 is 14.0. The average Bonchev–Trinajstić information content (AvgIpc) is 2.37. The molecule has 0 amide bonds. The summed E-state index contributed by atoms with van der Waals surface area (Å²) in [6.45, 7) is 6.69. The third-order valence-corrected chi connectivity index (χ3v) is 3.19. The van der Waals surface area contributed by atoms with Crippen LogP contribution in [-0.4, -0.2) is 6.54 Å². The highest BCUT2D eigenvalue weighted by Crippen LogP contribution is 2.26. The van der Waals surface area contributed by atoms with E-state index in [1.165, 1.54) is 0 Å². The van der Waals surface area contributed by atoms with Crippen LogP contribution in [0.15, 0.2) is 30.9 Å². The molecule has 0 saturated heterocycles. The minimum absolute atomic E-state index is 0.0311. The molecule has 0 heterocycles. The predicted octanol–water partition coefficient (Wildman–Crippen LogP) is 4.88. The smallest absolute Gasteiger partial charge is 0.146 e. The zero-order valence-electron chi connectivity index (χ0n) is 10.9. The number of halogens is 2. The zero-order valence-corrected chi connectivity index (χ0v) is 11.6. The van der Waals surface area contributed by atoms with E-state index in [4.69, 9.17) is 11.6 Å². The summed E-state index contributed by atoms with van der Waals surface area (Å²) in [5.41, 5.74) is 0.667. The third-order valence-electron chi connectivity index (χ3n) is 2.90. The standard InChI is InChI=1S/C15H21ClFN/c1-3-5-6-10-14(18-11-4-2)12-8-7-9-13(16)15(12)17/h3,7-9,14,18H,1,4-6,10-11H2,2H3. The predicted molar refractivity (Wildman–Crippen MR) is 76.5 cm³/mol. The van der Waals surface area contributed by atoms with Crippen molar-refractivity contribution in [2.45, 2.75) is 38.6 Å². The Balaban J connectivity index is 2.79. The molecule has 1 atom stereocenters. The fraction of sp³-hybridized carbons (Fsp3) is 0.467. The normalized spacial score (nSPS) is 12.4. The van der Waals surface area contributed by atoms with Gasteiger partial charge < -0.3 is 5.32 Å². The Morgan fingerprint density at radius 2 is 2.28 bits per heavy atom. The van der Waals surface area contributed by atoms with Gasteiger partial charge in [0.05, 0.1) is 5.02 Å². The molecule has 0 saturated carbocycles. The first-order valence-electron chi connectivity index (χ1n) is 6.48. The van der Waals surface area contributed by atoms with Gasteiger partial charge in [-0.25, -0.2) is 4.39 Å². The largest absolute Gasteiger partial charge is 0.310 e. The summed E-state index contributed by atoms with van der Waals surface area (Å²) in [7, 11) is 0. The van der Waals surface area contributed by atoms with Crippen LogP contribution in [0.2, 0.25) is 5.02 Å². The molecule has 0 fully saturated rings. The number of benzene rings is 1. The maximum atomic E-state index is 14.0. The Morgan fingerprint density at radius 1 is 1.50 bits per heavy atom. The van der Waals surface area contributed by atoms with E-state index in [-0.39, 0.29) is 16.9 Å². The van der Waals surface area contributed by atoms with E-state index in [0.29, 0.717) is 5.56 Å². The molecule has 1 rings (SSSR count). The number of hydrogen-bond acceptors (Lipinski definition) is 1. The molecule has 3 heteroatoms. The van der Waals surface area contributed by atoms with E-state index in [2.05, 4.69) is 18.8 Å². The average molecular weight is 270 g/mol. The lowest BCUT2D eigenvalue weighted by Gasteiger charge is -2.19. The van der Waals surface area contributed by atoms with E-state index in [0.717, 1.165) is 32.2 Å². The van der Waals surface area contributed by atoms with Crippen molar-refractivity contribution in [1.82, 2.24) is 5.32 Å². The van der Waals surface area contributed by atoms with Gasteiger partial charge in [0.2, 0.25) is 0 Å². The van der Waals surface area contributed by atoms with Crippen molar-refractivity contribution in [2.75, 3.05) is 6.54 Å². The summed E-state index contributed by atoms with van der Waals surface area (Å²) in [5, 5.41) is 3.57. The Morgan fingerprint density at radius 3 is 2.94 bits per heavy atom. The summed E-state index contributed by atoms with van der Waals surface area (Å²) in [6, 6.07) is 5.22. The third kappa shape index (κ3) is 4.43. The van der Waals surface area contributed by atoms with Crippen molar-refractivity contribution in [2.24, 2.45) is 0 Å². The molecule has 1 aromatic rings. The summed E-state index contributed by atoms with van der Waals surface area (Å²) in [4.78, 5) is 0. The van der Waals surface area contributed by atoms with Crippen LogP contribution in [0.25, 0.3) is 0 Å². The van der Waals surface area contributed by atoms with Gasteiger partial charge in [-0.3, -0.25) is 0 Å². The first-order chi connectivity index (χ1) is 8.70. The summed E-state index contributed by atoms with van der Waals surface area (Å²) in [5.74, 6) is -0.300. The van der Waals surface area contributed by atoms with Gasteiger partial charge in [0.25, 0.3) is 0 Å². The van der Waals surface area contributed by atoms with Gasteiger partial charge in [0, 0.05) is 11.6 Å². The second-order valence-electron chi connectivity index (χ2n) is 4.37. The molecule has 0 aromatic heterocycles. The first kappa shape index (κ1) is 15.2. The van der Waals surface area contributed by atoms with E-state index >= 15 is 0 Å². The quantitative estimate of drug-likeness (QED) is 0.524. The number of allylic oxidation sites excluding steroid dienone is 1. The fourth-order valence-corrected chi connectivity index (χ4v) is 2.12. The molecule has 0 aliphatic rings. The Bertz CT molecular complexity index is 379. The van der Waals surface area contributed by atoms with Crippen molar-refractivity contribution in [3.05, 3.63) is 47.3 Å². The molecular weight excluding hydrogens is 249 g/mol. The van der Waals surface area contributed by atoms with E-state index in [1.807, 2.05) is 12.1 Å². The molecule has 0 radical (unpaired) electrons. The van der Waals surface area contributed by atoms with Crippen LogP contribution in [0.3, 0.4) is 0 Å². The van der Waals surface area contributed by atoms with Gasteiger partial charge in [0.1, 0.15) is 5.82 Å². The van der Waals surface area contributed by atoms with Gasteiger partial charge in [-0.2, -0.15) is 0 Å². The van der Waals surface area contributed by atoms with Gasteiger partial charge in [-0.1, -0.05) is 36.7 Å². The van der Waals surface area contributed by atoms with Crippen LogP contribution in [0, 0.1) is 5.82 Å². The van der Waals surface area contributed by atoms with E-state index in [9.17, 15) is 4.39 Å². The second kappa shape index (κ2) is 8.28. The zero-order chi connectivity index (χ0) is 13.4. The lowest BCUT2D eigenvalue weighted by Crippen LogP contribution is -2.23. The van der Waals surface area contributed by atoms with Crippen LogP contribution in [0.1, 0.15) is 44.2 Å². The van der Waals surface area contributed by atoms with Crippen LogP contribution < -0.4 is 5.32 Å². The molecule has 1 nitrogen and oxygen atoms in total. The van der Waals surface area contributed by atoms with Crippen molar-refractivity contribution in [1.29, 1.82) is 0 Å².